The van der Waals surface area contributed by atoms with E-state index in [9.17, 15) is 23.6 Å². The quantitative estimate of drug-likeness (QED) is 0.644. The Labute approximate surface area is 176 Å². The molecule has 1 aliphatic rings. The lowest BCUT2D eigenvalue weighted by Gasteiger charge is -2.39. The fraction of sp³-hybridized carbons (Fsp3) is 0.174. The van der Waals surface area contributed by atoms with Gasteiger partial charge >= 0.3 is 0 Å². The first-order valence-corrected chi connectivity index (χ1v) is 9.60. The zero-order chi connectivity index (χ0) is 22.1. The molecule has 156 valence electrons. The van der Waals surface area contributed by atoms with Crippen LogP contribution < -0.4 is 10.9 Å². The first-order valence-electron chi connectivity index (χ1n) is 9.60. The van der Waals surface area contributed by atoms with Crippen molar-refractivity contribution < 1.29 is 13.6 Å². The molecule has 2 aromatic carbocycles. The number of rotatable bonds is 5. The summed E-state index contributed by atoms with van der Waals surface area (Å²) >= 11 is 0. The average molecular weight is 420 g/mol. The van der Waals surface area contributed by atoms with Gasteiger partial charge in [-0.05, 0) is 29.8 Å². The Morgan fingerprint density at radius 3 is 2.58 bits per heavy atom. The van der Waals surface area contributed by atoms with E-state index in [4.69, 9.17) is 0 Å². The van der Waals surface area contributed by atoms with Crippen LogP contribution in [0, 0.1) is 23.0 Å². The number of halogens is 2. The van der Waals surface area contributed by atoms with Crippen LogP contribution in [0.25, 0.3) is 10.9 Å². The molecule has 1 aliphatic heterocycles. The number of hydrogen-bond acceptors (Lipinski definition) is 4. The van der Waals surface area contributed by atoms with Gasteiger partial charge in [0.15, 0.2) is 0 Å². The van der Waals surface area contributed by atoms with E-state index in [-0.39, 0.29) is 35.3 Å². The molecule has 1 aromatic heterocycles. The number of para-hydroxylation sites is 1. The first kappa shape index (κ1) is 20.3. The van der Waals surface area contributed by atoms with Crippen molar-refractivity contribution in [1.29, 1.82) is 5.26 Å². The van der Waals surface area contributed by atoms with E-state index in [0.717, 1.165) is 0 Å². The van der Waals surface area contributed by atoms with Crippen LogP contribution in [0.5, 0.6) is 0 Å². The van der Waals surface area contributed by atoms with Gasteiger partial charge in [-0.3, -0.25) is 14.2 Å². The van der Waals surface area contributed by atoms with Gasteiger partial charge in [-0.15, -0.1) is 0 Å². The van der Waals surface area contributed by atoms with E-state index in [2.05, 4.69) is 11.9 Å². The van der Waals surface area contributed by atoms with Gasteiger partial charge in [0, 0.05) is 18.5 Å². The number of fused-ring (bicyclic) bond motifs is 1. The number of pyridine rings is 1. The second-order valence-corrected chi connectivity index (χ2v) is 7.30. The molecule has 3 aromatic rings. The molecule has 4 rings (SSSR count). The predicted molar refractivity (Wildman–Crippen MR) is 113 cm³/mol. The van der Waals surface area contributed by atoms with E-state index in [1.165, 1.54) is 47.0 Å². The van der Waals surface area contributed by atoms with Gasteiger partial charge in [-0.1, -0.05) is 30.8 Å². The molecule has 1 N–H and O–H groups in total. The maximum Gasteiger partial charge on any atom is 0.271 e. The number of amides is 1. The highest BCUT2D eigenvalue weighted by atomic mass is 19.1. The van der Waals surface area contributed by atoms with Crippen LogP contribution >= 0.6 is 0 Å². The minimum Gasteiger partial charge on any atom is -0.377 e. The molecule has 0 saturated carbocycles. The highest BCUT2D eigenvalue weighted by Gasteiger charge is 2.31. The van der Waals surface area contributed by atoms with E-state index in [1.807, 2.05) is 6.07 Å². The van der Waals surface area contributed by atoms with Crippen LogP contribution in [0.1, 0.15) is 11.1 Å². The summed E-state index contributed by atoms with van der Waals surface area (Å²) in [6, 6.07) is 11.7. The number of nitriles is 1. The maximum absolute atomic E-state index is 14.9. The molecular formula is C23H18F2N4O2. The summed E-state index contributed by atoms with van der Waals surface area (Å²) in [5.74, 6) is -1.24. The number of anilines is 1. The molecule has 0 radical (unpaired) electrons. The Kier molecular flexibility index (Phi) is 5.26. The van der Waals surface area contributed by atoms with Gasteiger partial charge in [0.1, 0.15) is 23.3 Å². The second kappa shape index (κ2) is 8.03. The van der Waals surface area contributed by atoms with Crippen molar-refractivity contribution >= 4 is 22.5 Å². The van der Waals surface area contributed by atoms with E-state index in [1.54, 1.807) is 11.0 Å². The third kappa shape index (κ3) is 3.66. The van der Waals surface area contributed by atoms with Crippen LogP contribution in [0.2, 0.25) is 0 Å². The fourth-order valence-electron chi connectivity index (χ4n) is 3.73. The fourth-order valence-corrected chi connectivity index (χ4v) is 3.73. The molecule has 2 heterocycles. The van der Waals surface area contributed by atoms with E-state index < -0.39 is 17.2 Å². The largest absolute Gasteiger partial charge is 0.377 e. The highest BCUT2D eigenvalue weighted by Crippen LogP contribution is 2.29. The SMILES string of the molecule is C=CC(=O)N1CC(Nc2c(C#N)c(=O)n(Cc3ccc(F)cc3)c3c(F)cccc23)C1. The van der Waals surface area contributed by atoms with Crippen LogP contribution in [0.4, 0.5) is 14.5 Å². The van der Waals surface area contributed by atoms with E-state index in [0.29, 0.717) is 24.0 Å². The van der Waals surface area contributed by atoms with Gasteiger partial charge in [-0.25, -0.2) is 8.78 Å². The Bertz CT molecular complexity index is 1290. The van der Waals surface area contributed by atoms with Crippen LogP contribution in [-0.4, -0.2) is 34.5 Å². The molecule has 0 atom stereocenters. The number of benzene rings is 2. The summed E-state index contributed by atoms with van der Waals surface area (Å²) in [6.07, 6.45) is 1.22. The Balaban J connectivity index is 1.80. The number of nitrogens with zero attached hydrogens (tertiary/aromatic N) is 3. The van der Waals surface area contributed by atoms with Crippen molar-refractivity contribution in [2.45, 2.75) is 12.6 Å². The molecule has 0 spiro atoms. The zero-order valence-electron chi connectivity index (χ0n) is 16.4. The summed E-state index contributed by atoms with van der Waals surface area (Å²) in [6.45, 7) is 4.19. The number of nitrogens with one attached hydrogen (secondary N) is 1. The zero-order valence-corrected chi connectivity index (χ0v) is 16.4. The summed E-state index contributed by atoms with van der Waals surface area (Å²) in [5, 5.41) is 13.2. The lowest BCUT2D eigenvalue weighted by Crippen LogP contribution is -2.56. The molecule has 8 heteroatoms. The smallest absolute Gasteiger partial charge is 0.271 e. The maximum atomic E-state index is 14.9. The van der Waals surface area contributed by atoms with Crippen molar-refractivity contribution in [3.8, 4) is 6.07 Å². The molecule has 1 saturated heterocycles. The van der Waals surface area contributed by atoms with Gasteiger partial charge in [0.2, 0.25) is 5.91 Å². The third-order valence-electron chi connectivity index (χ3n) is 5.32. The Morgan fingerprint density at radius 1 is 1.23 bits per heavy atom. The summed E-state index contributed by atoms with van der Waals surface area (Å²) in [5.41, 5.74) is 0.0962. The number of likely N-dealkylation sites (tertiary alicyclic amines) is 1. The van der Waals surface area contributed by atoms with Crippen molar-refractivity contribution in [3.63, 3.8) is 0 Å². The summed E-state index contributed by atoms with van der Waals surface area (Å²) < 4.78 is 29.3. The monoisotopic (exact) mass is 420 g/mol. The van der Waals surface area contributed by atoms with Crippen LogP contribution in [0.15, 0.2) is 59.9 Å². The average Bonchev–Trinajstić information content (AvgIpc) is 2.73. The first-order chi connectivity index (χ1) is 14.9. The Hall–Kier alpha value is -3.99. The van der Waals surface area contributed by atoms with Crippen LogP contribution in [-0.2, 0) is 11.3 Å². The van der Waals surface area contributed by atoms with Gasteiger partial charge in [0.05, 0.1) is 23.8 Å². The molecular weight excluding hydrogens is 402 g/mol. The minimum atomic E-state index is -0.648. The van der Waals surface area contributed by atoms with Gasteiger partial charge in [-0.2, -0.15) is 5.26 Å². The second-order valence-electron chi connectivity index (χ2n) is 7.30. The molecule has 0 bridgehead atoms. The van der Waals surface area contributed by atoms with Crippen LogP contribution in [0.3, 0.4) is 0 Å². The van der Waals surface area contributed by atoms with E-state index >= 15 is 0 Å². The molecule has 31 heavy (non-hydrogen) atoms. The van der Waals surface area contributed by atoms with Crippen molar-refractivity contribution in [2.24, 2.45) is 0 Å². The molecule has 0 aliphatic carbocycles. The van der Waals surface area contributed by atoms with Gasteiger partial charge < -0.3 is 10.2 Å². The predicted octanol–water partition coefficient (Wildman–Crippen LogP) is 3.01. The minimum absolute atomic E-state index is 0.0173. The lowest BCUT2D eigenvalue weighted by atomic mass is 10.0. The molecule has 1 fully saturated rings. The van der Waals surface area contributed by atoms with Crippen molar-refractivity contribution in [1.82, 2.24) is 9.47 Å². The van der Waals surface area contributed by atoms with Crippen molar-refractivity contribution in [3.05, 3.63) is 88.2 Å². The summed E-state index contributed by atoms with van der Waals surface area (Å²) in [7, 11) is 0. The summed E-state index contributed by atoms with van der Waals surface area (Å²) in [4.78, 5) is 26.4. The number of carbonyl (C=O) groups is 1. The number of carbonyl (C=O) groups excluding carboxylic acids is 1. The molecule has 1 amide bonds. The van der Waals surface area contributed by atoms with Gasteiger partial charge in [0.25, 0.3) is 5.56 Å². The normalized spacial score (nSPS) is 13.5. The lowest BCUT2D eigenvalue weighted by molar-refractivity contribution is -0.129. The number of aromatic nitrogens is 1. The standard InChI is InChI=1S/C23H18F2N4O2/c1-2-20(30)28-12-16(13-28)27-21-17-4-3-5-19(25)22(17)29(23(31)18(21)10-26)11-14-6-8-15(24)9-7-14/h2-9,16,27H,1,11-13H2. The topological polar surface area (TPSA) is 78.1 Å². The Morgan fingerprint density at radius 2 is 1.94 bits per heavy atom. The molecule has 0 unspecified atom stereocenters. The third-order valence-corrected chi connectivity index (χ3v) is 5.32. The highest BCUT2D eigenvalue weighted by molar-refractivity contribution is 5.95. The number of hydrogen-bond donors (Lipinski definition) is 1. The van der Waals surface area contributed by atoms with Crippen molar-refractivity contribution in [2.75, 3.05) is 18.4 Å². The molecule has 6 nitrogen and oxygen atoms in total.